The van der Waals surface area contributed by atoms with E-state index in [1.54, 1.807) is 6.20 Å². The molecule has 0 spiro atoms. The molecule has 4 aromatic rings. The first kappa shape index (κ1) is 22.5. The number of benzene rings is 2. The van der Waals surface area contributed by atoms with E-state index in [1.807, 2.05) is 78.6 Å². The Balaban J connectivity index is 1.45. The fraction of sp³-hybridized carbons (Fsp3) is 0.214. The van der Waals surface area contributed by atoms with Gasteiger partial charge in [0.05, 0.1) is 16.8 Å². The van der Waals surface area contributed by atoms with Crippen LogP contribution in [-0.2, 0) is 4.79 Å². The molecule has 0 saturated carbocycles. The van der Waals surface area contributed by atoms with E-state index in [4.69, 9.17) is 4.98 Å². The van der Waals surface area contributed by atoms with Crippen molar-refractivity contribution in [3.05, 3.63) is 84.1 Å². The first-order valence-corrected chi connectivity index (χ1v) is 11.7. The highest BCUT2D eigenvalue weighted by Crippen LogP contribution is 2.28. The zero-order valence-corrected chi connectivity index (χ0v) is 19.9. The summed E-state index contributed by atoms with van der Waals surface area (Å²) in [6.45, 7) is 6.24. The Labute approximate surface area is 204 Å². The van der Waals surface area contributed by atoms with Crippen LogP contribution < -0.4 is 10.2 Å². The van der Waals surface area contributed by atoms with Crippen molar-refractivity contribution in [1.29, 1.82) is 0 Å². The van der Waals surface area contributed by atoms with Crippen LogP contribution in [0.5, 0.6) is 0 Å². The van der Waals surface area contributed by atoms with Gasteiger partial charge in [-0.15, -0.1) is 0 Å². The molecular formula is C28H27N5O2. The minimum Gasteiger partial charge on any atom is -0.353 e. The molecule has 7 nitrogen and oxygen atoms in total. The molecule has 2 aromatic heterocycles. The number of piperazine rings is 1. The van der Waals surface area contributed by atoms with Crippen molar-refractivity contribution in [2.45, 2.75) is 13.8 Å². The number of hydrogen-bond donors (Lipinski definition) is 1. The molecule has 1 saturated heterocycles. The molecule has 0 bridgehead atoms. The average molecular weight is 466 g/mol. The number of amides is 2. The van der Waals surface area contributed by atoms with E-state index >= 15 is 0 Å². The van der Waals surface area contributed by atoms with Gasteiger partial charge in [0.25, 0.3) is 5.91 Å². The second-order valence-electron chi connectivity index (χ2n) is 8.80. The van der Waals surface area contributed by atoms with Crippen molar-refractivity contribution in [3.8, 4) is 11.3 Å². The number of pyridine rings is 2. The number of carbonyl (C=O) groups is 2. The van der Waals surface area contributed by atoms with Crippen LogP contribution in [0.25, 0.3) is 22.2 Å². The molecule has 2 amide bonds. The van der Waals surface area contributed by atoms with Crippen LogP contribution in [0.3, 0.4) is 0 Å². The van der Waals surface area contributed by atoms with Crippen molar-refractivity contribution < 1.29 is 9.59 Å². The molecular weight excluding hydrogens is 438 g/mol. The normalized spacial score (nSPS) is 13.7. The third kappa shape index (κ3) is 4.84. The molecule has 0 unspecified atom stereocenters. The van der Waals surface area contributed by atoms with Crippen LogP contribution in [0.2, 0.25) is 0 Å². The maximum absolute atomic E-state index is 13.7. The number of fused-ring (bicyclic) bond motifs is 1. The van der Waals surface area contributed by atoms with Crippen molar-refractivity contribution in [2.75, 3.05) is 36.4 Å². The number of nitrogens with one attached hydrogen (secondary N) is 1. The van der Waals surface area contributed by atoms with Crippen LogP contribution in [0.4, 0.5) is 11.5 Å². The van der Waals surface area contributed by atoms with Gasteiger partial charge in [-0.3, -0.25) is 9.59 Å². The molecule has 1 aliphatic heterocycles. The zero-order chi connectivity index (χ0) is 24.4. The van der Waals surface area contributed by atoms with E-state index in [0.29, 0.717) is 18.7 Å². The maximum atomic E-state index is 13.7. The Morgan fingerprint density at radius 2 is 1.69 bits per heavy atom. The number of nitrogens with zero attached hydrogens (tertiary/aromatic N) is 4. The SMILES string of the molecule is CC(=O)Nc1ccc(-c2cc(C(=O)N3CCN(c4ccccn4)CC3)c3cc(C)ccc3n2)cc1. The fourth-order valence-corrected chi connectivity index (χ4v) is 4.44. The highest BCUT2D eigenvalue weighted by atomic mass is 16.2. The molecule has 7 heteroatoms. The van der Waals surface area contributed by atoms with Crippen molar-refractivity contribution >= 4 is 34.2 Å². The maximum Gasteiger partial charge on any atom is 0.254 e. The summed E-state index contributed by atoms with van der Waals surface area (Å²) in [4.78, 5) is 38.5. The van der Waals surface area contributed by atoms with Gasteiger partial charge in [0.2, 0.25) is 5.91 Å². The van der Waals surface area contributed by atoms with Gasteiger partial charge in [0.15, 0.2) is 0 Å². The first-order valence-electron chi connectivity index (χ1n) is 11.7. The lowest BCUT2D eigenvalue weighted by atomic mass is 10.0. The molecule has 35 heavy (non-hydrogen) atoms. The minimum absolute atomic E-state index is 0.0137. The minimum atomic E-state index is -0.118. The summed E-state index contributed by atoms with van der Waals surface area (Å²) in [5, 5.41) is 3.64. The fourth-order valence-electron chi connectivity index (χ4n) is 4.44. The van der Waals surface area contributed by atoms with E-state index < -0.39 is 0 Å². The highest BCUT2D eigenvalue weighted by molar-refractivity contribution is 6.07. The predicted octanol–water partition coefficient (Wildman–Crippen LogP) is 4.53. The lowest BCUT2D eigenvalue weighted by Gasteiger charge is -2.35. The summed E-state index contributed by atoms with van der Waals surface area (Å²) in [5.74, 6) is 0.836. The first-order chi connectivity index (χ1) is 17.0. The number of aryl methyl sites for hydroxylation is 1. The summed E-state index contributed by atoms with van der Waals surface area (Å²) in [6, 6.07) is 21.3. The molecule has 0 atom stereocenters. The summed E-state index contributed by atoms with van der Waals surface area (Å²) in [5.41, 5.74) is 4.86. The Kier molecular flexibility index (Phi) is 6.14. The third-order valence-corrected chi connectivity index (χ3v) is 6.24. The topological polar surface area (TPSA) is 78.4 Å². The second kappa shape index (κ2) is 9.54. The Morgan fingerprint density at radius 3 is 2.37 bits per heavy atom. The average Bonchev–Trinajstić information content (AvgIpc) is 2.88. The predicted molar refractivity (Wildman–Crippen MR) is 139 cm³/mol. The van der Waals surface area contributed by atoms with Crippen LogP contribution in [0, 0.1) is 6.92 Å². The van der Waals surface area contributed by atoms with Crippen molar-refractivity contribution in [1.82, 2.24) is 14.9 Å². The smallest absolute Gasteiger partial charge is 0.254 e. The van der Waals surface area contributed by atoms with Crippen molar-refractivity contribution in [2.24, 2.45) is 0 Å². The van der Waals surface area contributed by atoms with Crippen LogP contribution in [0.15, 0.2) is 72.9 Å². The van der Waals surface area contributed by atoms with Gasteiger partial charge in [-0.2, -0.15) is 0 Å². The Hall–Kier alpha value is -4.26. The summed E-state index contributed by atoms with van der Waals surface area (Å²) in [6.07, 6.45) is 1.79. The lowest BCUT2D eigenvalue weighted by molar-refractivity contribution is -0.114. The van der Waals surface area contributed by atoms with Gasteiger partial charge < -0.3 is 15.1 Å². The molecule has 1 fully saturated rings. The quantitative estimate of drug-likeness (QED) is 0.479. The van der Waals surface area contributed by atoms with E-state index in [-0.39, 0.29) is 11.8 Å². The third-order valence-electron chi connectivity index (χ3n) is 6.24. The van der Waals surface area contributed by atoms with Gasteiger partial charge in [-0.25, -0.2) is 9.97 Å². The molecule has 1 aliphatic rings. The van der Waals surface area contributed by atoms with Gasteiger partial charge in [0, 0.05) is 55.9 Å². The lowest BCUT2D eigenvalue weighted by Crippen LogP contribution is -2.49. The van der Waals surface area contributed by atoms with E-state index in [1.165, 1.54) is 6.92 Å². The summed E-state index contributed by atoms with van der Waals surface area (Å²) in [7, 11) is 0. The standard InChI is InChI=1S/C28H27N5O2/c1-19-6-11-25-23(17-19)24(18-26(31-25)21-7-9-22(10-8-21)30-20(2)34)28(35)33-15-13-32(14-16-33)27-5-3-4-12-29-27/h3-12,17-18H,13-16H2,1-2H3,(H,30,34). The molecule has 2 aromatic carbocycles. The molecule has 0 aliphatic carbocycles. The molecule has 5 rings (SSSR count). The number of anilines is 2. The molecule has 0 radical (unpaired) electrons. The second-order valence-corrected chi connectivity index (χ2v) is 8.80. The van der Waals surface area contributed by atoms with Crippen LogP contribution in [-0.4, -0.2) is 52.9 Å². The van der Waals surface area contributed by atoms with E-state index in [9.17, 15) is 9.59 Å². The zero-order valence-electron chi connectivity index (χ0n) is 19.9. The summed E-state index contributed by atoms with van der Waals surface area (Å²) >= 11 is 0. The van der Waals surface area contributed by atoms with Gasteiger partial charge >= 0.3 is 0 Å². The van der Waals surface area contributed by atoms with Gasteiger partial charge in [-0.1, -0.05) is 29.8 Å². The Bertz CT molecular complexity index is 1380. The monoisotopic (exact) mass is 465 g/mol. The number of carbonyl (C=O) groups excluding carboxylic acids is 2. The van der Waals surface area contributed by atoms with Gasteiger partial charge in [0.1, 0.15) is 5.82 Å². The Morgan fingerprint density at radius 1 is 0.914 bits per heavy atom. The largest absolute Gasteiger partial charge is 0.353 e. The summed E-state index contributed by atoms with van der Waals surface area (Å²) < 4.78 is 0. The van der Waals surface area contributed by atoms with Crippen LogP contribution in [0.1, 0.15) is 22.8 Å². The van der Waals surface area contributed by atoms with E-state index in [2.05, 4.69) is 15.2 Å². The van der Waals surface area contributed by atoms with Crippen LogP contribution >= 0.6 is 0 Å². The number of aromatic nitrogens is 2. The molecule has 176 valence electrons. The van der Waals surface area contributed by atoms with Gasteiger partial charge in [-0.05, 0) is 49.4 Å². The number of rotatable bonds is 4. The highest BCUT2D eigenvalue weighted by Gasteiger charge is 2.25. The van der Waals surface area contributed by atoms with E-state index in [0.717, 1.165) is 52.3 Å². The molecule has 1 N–H and O–H groups in total. The van der Waals surface area contributed by atoms with Crippen molar-refractivity contribution in [3.63, 3.8) is 0 Å². The molecule has 3 heterocycles. The number of hydrogen-bond acceptors (Lipinski definition) is 5.